The van der Waals surface area contributed by atoms with Crippen molar-refractivity contribution in [2.45, 2.75) is 69.9 Å². The standard InChI is InChI=1S/C13H24N2O/c1-2-13(8-5-9-13)15-12(16)10-14-11-6-3-4-7-11/h11,14H,2-10H2,1H3,(H,15,16). The predicted octanol–water partition coefficient (Wildman–Crippen LogP) is 1.97. The van der Waals surface area contributed by atoms with Crippen LogP contribution in [0.4, 0.5) is 0 Å². The number of nitrogens with one attached hydrogen (secondary N) is 2. The largest absolute Gasteiger partial charge is 0.350 e. The van der Waals surface area contributed by atoms with Crippen LogP contribution < -0.4 is 10.6 Å². The summed E-state index contributed by atoms with van der Waals surface area (Å²) < 4.78 is 0. The molecule has 0 saturated heterocycles. The van der Waals surface area contributed by atoms with E-state index in [-0.39, 0.29) is 11.4 Å². The smallest absolute Gasteiger partial charge is 0.234 e. The lowest BCUT2D eigenvalue weighted by Crippen LogP contribution is -2.55. The Labute approximate surface area is 98.4 Å². The van der Waals surface area contributed by atoms with Gasteiger partial charge >= 0.3 is 0 Å². The third-order valence-corrected chi connectivity index (χ3v) is 4.30. The highest BCUT2D eigenvalue weighted by Gasteiger charge is 2.36. The molecule has 1 amide bonds. The van der Waals surface area contributed by atoms with Crippen molar-refractivity contribution in [2.75, 3.05) is 6.54 Å². The molecule has 0 spiro atoms. The van der Waals surface area contributed by atoms with Crippen molar-refractivity contribution in [3.63, 3.8) is 0 Å². The molecule has 0 bridgehead atoms. The molecule has 3 nitrogen and oxygen atoms in total. The lowest BCUT2D eigenvalue weighted by atomic mass is 9.75. The second-order valence-corrected chi connectivity index (χ2v) is 5.40. The highest BCUT2D eigenvalue weighted by Crippen LogP contribution is 2.34. The van der Waals surface area contributed by atoms with Crippen LogP contribution in [0.5, 0.6) is 0 Å². The van der Waals surface area contributed by atoms with Crippen molar-refractivity contribution in [3.8, 4) is 0 Å². The van der Waals surface area contributed by atoms with E-state index in [1.54, 1.807) is 0 Å². The van der Waals surface area contributed by atoms with Crippen LogP contribution in [0.3, 0.4) is 0 Å². The van der Waals surface area contributed by atoms with Crippen LogP contribution >= 0.6 is 0 Å². The SMILES string of the molecule is CCC1(NC(=O)CNC2CCCC2)CCC1. The number of carbonyl (C=O) groups excluding carboxylic acids is 1. The third kappa shape index (κ3) is 2.76. The first-order chi connectivity index (χ1) is 7.74. The van der Waals surface area contributed by atoms with E-state index in [9.17, 15) is 4.79 Å². The predicted molar refractivity (Wildman–Crippen MR) is 65.3 cm³/mol. The molecule has 0 unspecified atom stereocenters. The molecule has 0 radical (unpaired) electrons. The van der Waals surface area contributed by atoms with Crippen LogP contribution in [0.15, 0.2) is 0 Å². The van der Waals surface area contributed by atoms with Gasteiger partial charge < -0.3 is 10.6 Å². The van der Waals surface area contributed by atoms with E-state index in [0.717, 1.165) is 6.42 Å². The summed E-state index contributed by atoms with van der Waals surface area (Å²) in [5, 5.41) is 6.57. The molecule has 16 heavy (non-hydrogen) atoms. The zero-order valence-corrected chi connectivity index (χ0v) is 10.3. The highest BCUT2D eigenvalue weighted by atomic mass is 16.2. The van der Waals surface area contributed by atoms with Crippen LogP contribution in [0.1, 0.15) is 58.3 Å². The highest BCUT2D eigenvalue weighted by molar-refractivity contribution is 5.79. The zero-order valence-electron chi connectivity index (χ0n) is 10.3. The molecule has 3 heteroatoms. The van der Waals surface area contributed by atoms with Gasteiger partial charge in [-0.1, -0.05) is 19.8 Å². The summed E-state index contributed by atoms with van der Waals surface area (Å²) >= 11 is 0. The monoisotopic (exact) mass is 224 g/mol. The first-order valence-corrected chi connectivity index (χ1v) is 6.78. The van der Waals surface area contributed by atoms with Gasteiger partial charge in [-0.15, -0.1) is 0 Å². The Morgan fingerprint density at radius 2 is 1.94 bits per heavy atom. The summed E-state index contributed by atoms with van der Waals surface area (Å²) in [5.74, 6) is 0.188. The molecule has 0 aromatic heterocycles. The second kappa shape index (κ2) is 5.17. The molecule has 0 heterocycles. The Morgan fingerprint density at radius 3 is 2.44 bits per heavy atom. The van der Waals surface area contributed by atoms with Gasteiger partial charge in [0.2, 0.25) is 5.91 Å². The fourth-order valence-corrected chi connectivity index (χ4v) is 2.88. The van der Waals surface area contributed by atoms with Crippen LogP contribution in [0.25, 0.3) is 0 Å². The molecular formula is C13H24N2O. The number of rotatable bonds is 5. The van der Waals surface area contributed by atoms with Crippen molar-refractivity contribution in [2.24, 2.45) is 0 Å². The molecule has 2 aliphatic carbocycles. The third-order valence-electron chi connectivity index (χ3n) is 4.30. The fraction of sp³-hybridized carbons (Fsp3) is 0.923. The van der Waals surface area contributed by atoms with Gasteiger partial charge in [-0.25, -0.2) is 0 Å². The topological polar surface area (TPSA) is 41.1 Å². The molecule has 0 aromatic carbocycles. The fourth-order valence-electron chi connectivity index (χ4n) is 2.88. The van der Waals surface area contributed by atoms with E-state index in [4.69, 9.17) is 0 Å². The van der Waals surface area contributed by atoms with Gasteiger partial charge in [0.05, 0.1) is 6.54 Å². The normalized spacial score (nSPS) is 24.1. The first-order valence-electron chi connectivity index (χ1n) is 6.78. The maximum Gasteiger partial charge on any atom is 0.234 e. The Morgan fingerprint density at radius 1 is 1.25 bits per heavy atom. The van der Waals surface area contributed by atoms with Gasteiger partial charge in [-0.05, 0) is 38.5 Å². The van der Waals surface area contributed by atoms with Crippen molar-refractivity contribution < 1.29 is 4.79 Å². The van der Waals surface area contributed by atoms with Gasteiger partial charge in [0.1, 0.15) is 0 Å². The maximum absolute atomic E-state index is 11.8. The van der Waals surface area contributed by atoms with Gasteiger partial charge in [-0.3, -0.25) is 4.79 Å². The molecule has 2 aliphatic rings. The molecule has 0 aromatic rings. The Bertz CT molecular complexity index is 237. The summed E-state index contributed by atoms with van der Waals surface area (Å²) in [4.78, 5) is 11.8. The minimum atomic E-state index is 0.147. The van der Waals surface area contributed by atoms with E-state index in [2.05, 4.69) is 17.6 Å². The average Bonchev–Trinajstić information content (AvgIpc) is 2.73. The minimum Gasteiger partial charge on any atom is -0.350 e. The summed E-state index contributed by atoms with van der Waals surface area (Å²) in [6.07, 6.45) is 9.79. The van der Waals surface area contributed by atoms with Crippen molar-refractivity contribution in [3.05, 3.63) is 0 Å². The molecule has 92 valence electrons. The van der Waals surface area contributed by atoms with Gasteiger partial charge in [0.15, 0.2) is 0 Å². The van der Waals surface area contributed by atoms with Crippen molar-refractivity contribution in [1.29, 1.82) is 0 Å². The van der Waals surface area contributed by atoms with Gasteiger partial charge in [0.25, 0.3) is 0 Å². The summed E-state index contributed by atoms with van der Waals surface area (Å²) in [6, 6.07) is 0.588. The van der Waals surface area contributed by atoms with Crippen LogP contribution in [-0.2, 0) is 4.79 Å². The lowest BCUT2D eigenvalue weighted by Gasteiger charge is -2.42. The van der Waals surface area contributed by atoms with Crippen LogP contribution in [-0.4, -0.2) is 24.0 Å². The quantitative estimate of drug-likeness (QED) is 0.749. The molecule has 2 fully saturated rings. The summed E-state index contributed by atoms with van der Waals surface area (Å²) in [5.41, 5.74) is 0.147. The maximum atomic E-state index is 11.8. The molecule has 2 saturated carbocycles. The minimum absolute atomic E-state index is 0.147. The molecule has 0 atom stereocenters. The number of amides is 1. The van der Waals surface area contributed by atoms with E-state index in [1.165, 1.54) is 44.9 Å². The summed E-state index contributed by atoms with van der Waals surface area (Å²) in [7, 11) is 0. The van der Waals surface area contributed by atoms with E-state index in [0.29, 0.717) is 12.6 Å². The summed E-state index contributed by atoms with van der Waals surface area (Å²) in [6.45, 7) is 2.68. The Balaban J connectivity index is 1.67. The first kappa shape index (κ1) is 11.9. The molecule has 0 aliphatic heterocycles. The molecule has 2 rings (SSSR count). The second-order valence-electron chi connectivity index (χ2n) is 5.40. The number of hydrogen-bond acceptors (Lipinski definition) is 2. The van der Waals surface area contributed by atoms with E-state index >= 15 is 0 Å². The Hall–Kier alpha value is -0.570. The number of carbonyl (C=O) groups is 1. The van der Waals surface area contributed by atoms with E-state index in [1.807, 2.05) is 0 Å². The average molecular weight is 224 g/mol. The Kier molecular flexibility index (Phi) is 3.85. The van der Waals surface area contributed by atoms with Gasteiger partial charge in [0, 0.05) is 11.6 Å². The lowest BCUT2D eigenvalue weighted by molar-refractivity contribution is -0.123. The van der Waals surface area contributed by atoms with Crippen molar-refractivity contribution in [1.82, 2.24) is 10.6 Å². The zero-order chi connectivity index (χ0) is 11.4. The van der Waals surface area contributed by atoms with Crippen molar-refractivity contribution >= 4 is 5.91 Å². The van der Waals surface area contributed by atoms with E-state index < -0.39 is 0 Å². The van der Waals surface area contributed by atoms with Crippen LogP contribution in [0.2, 0.25) is 0 Å². The molecule has 2 N–H and O–H groups in total. The van der Waals surface area contributed by atoms with Gasteiger partial charge in [-0.2, -0.15) is 0 Å². The molecular weight excluding hydrogens is 200 g/mol. The number of hydrogen-bond donors (Lipinski definition) is 2. The van der Waals surface area contributed by atoms with Crippen LogP contribution in [0, 0.1) is 0 Å².